The van der Waals surface area contributed by atoms with Gasteiger partial charge in [-0.3, -0.25) is 10.2 Å². The summed E-state index contributed by atoms with van der Waals surface area (Å²) < 4.78 is 5.23. The van der Waals surface area contributed by atoms with Crippen molar-refractivity contribution < 1.29 is 14.3 Å². The second-order valence-electron chi connectivity index (χ2n) is 6.80. The minimum Gasteiger partial charge on any atom is -0.442 e. The molecule has 0 radical (unpaired) electrons. The van der Waals surface area contributed by atoms with Crippen LogP contribution in [0, 0.1) is 5.41 Å². The van der Waals surface area contributed by atoms with Crippen molar-refractivity contribution in [3.8, 4) is 0 Å². The summed E-state index contributed by atoms with van der Waals surface area (Å²) in [5.41, 5.74) is 3.05. The number of hydrogen-bond acceptors (Lipinski definition) is 4. The third-order valence-corrected chi connectivity index (χ3v) is 2.64. The van der Waals surface area contributed by atoms with Crippen molar-refractivity contribution in [3.05, 3.63) is 11.8 Å². The number of hydrogen-bond donors (Lipinski definition) is 1. The van der Waals surface area contributed by atoms with Crippen LogP contribution in [0.2, 0.25) is 0 Å². The molecule has 5 nitrogen and oxygen atoms in total. The van der Waals surface area contributed by atoms with Crippen molar-refractivity contribution in [2.24, 2.45) is 5.41 Å². The number of amides is 1. The normalized spacial score (nSPS) is 18.6. The highest BCUT2D eigenvalue weighted by Crippen LogP contribution is 2.32. The van der Waals surface area contributed by atoms with Crippen LogP contribution in [0.5, 0.6) is 0 Å². The van der Waals surface area contributed by atoms with E-state index in [9.17, 15) is 9.59 Å². The van der Waals surface area contributed by atoms with Gasteiger partial charge in [-0.2, -0.15) is 0 Å². The molecule has 5 heteroatoms. The van der Waals surface area contributed by atoms with E-state index in [2.05, 4.69) is 5.43 Å². The second-order valence-corrected chi connectivity index (χ2v) is 6.80. The first kappa shape index (κ1) is 15.5. The average molecular weight is 268 g/mol. The zero-order valence-corrected chi connectivity index (χ0v) is 12.7. The lowest BCUT2D eigenvalue weighted by molar-refractivity contribution is -0.117. The molecule has 0 bridgehead atoms. The maximum atomic E-state index is 11.8. The van der Waals surface area contributed by atoms with Gasteiger partial charge in [0.15, 0.2) is 5.78 Å². The molecule has 1 amide bonds. The molecule has 0 aromatic heterocycles. The third kappa shape index (κ3) is 5.32. The summed E-state index contributed by atoms with van der Waals surface area (Å²) in [5.74, 6) is 0.0799. The first-order valence-corrected chi connectivity index (χ1v) is 6.45. The van der Waals surface area contributed by atoms with E-state index in [0.717, 1.165) is 12.1 Å². The number of rotatable bonds is 2. The van der Waals surface area contributed by atoms with Gasteiger partial charge in [-0.1, -0.05) is 13.8 Å². The SMILES string of the molecule is CN(NC1=CC(=O)CC(C)(C)C1)C(=O)OC(C)(C)C. The summed E-state index contributed by atoms with van der Waals surface area (Å²) in [7, 11) is 1.58. The largest absolute Gasteiger partial charge is 0.442 e. The van der Waals surface area contributed by atoms with Crippen LogP contribution < -0.4 is 5.43 Å². The Bertz CT molecular complexity index is 405. The summed E-state index contributed by atoms with van der Waals surface area (Å²) in [5, 5.41) is 1.27. The highest BCUT2D eigenvalue weighted by atomic mass is 16.6. The number of ether oxygens (including phenoxy) is 1. The molecule has 0 aliphatic heterocycles. The predicted molar refractivity (Wildman–Crippen MR) is 73.2 cm³/mol. The van der Waals surface area contributed by atoms with E-state index in [-0.39, 0.29) is 11.2 Å². The minimum absolute atomic E-state index is 0.0799. The summed E-state index contributed by atoms with van der Waals surface area (Å²) in [6.45, 7) is 9.50. The molecule has 1 aliphatic rings. The topological polar surface area (TPSA) is 58.6 Å². The van der Waals surface area contributed by atoms with Crippen LogP contribution >= 0.6 is 0 Å². The number of ketones is 1. The van der Waals surface area contributed by atoms with E-state index in [1.54, 1.807) is 13.1 Å². The lowest BCUT2D eigenvalue weighted by atomic mass is 9.79. The van der Waals surface area contributed by atoms with Gasteiger partial charge >= 0.3 is 6.09 Å². The average Bonchev–Trinajstić information content (AvgIpc) is 2.10. The number of carbonyl (C=O) groups excluding carboxylic acids is 2. The molecule has 0 heterocycles. The Morgan fingerprint density at radius 1 is 1.37 bits per heavy atom. The zero-order valence-electron chi connectivity index (χ0n) is 12.7. The van der Waals surface area contributed by atoms with Gasteiger partial charge in [-0.05, 0) is 32.6 Å². The Hall–Kier alpha value is -1.52. The van der Waals surface area contributed by atoms with Crippen LogP contribution in [0.1, 0.15) is 47.5 Å². The van der Waals surface area contributed by atoms with Crippen molar-refractivity contribution in [2.45, 2.75) is 53.1 Å². The fourth-order valence-corrected chi connectivity index (χ4v) is 2.01. The van der Waals surface area contributed by atoms with Crippen molar-refractivity contribution in [1.82, 2.24) is 10.4 Å². The number of allylic oxidation sites excluding steroid dienone is 2. The molecule has 0 saturated heterocycles. The van der Waals surface area contributed by atoms with E-state index in [1.807, 2.05) is 34.6 Å². The van der Waals surface area contributed by atoms with Crippen molar-refractivity contribution in [2.75, 3.05) is 7.05 Å². The summed E-state index contributed by atoms with van der Waals surface area (Å²) >= 11 is 0. The molecule has 0 atom stereocenters. The lowest BCUT2D eigenvalue weighted by Crippen LogP contribution is -2.44. The third-order valence-electron chi connectivity index (χ3n) is 2.64. The molecule has 0 aromatic rings. The van der Waals surface area contributed by atoms with E-state index in [0.29, 0.717) is 6.42 Å². The highest BCUT2D eigenvalue weighted by molar-refractivity contribution is 5.91. The fraction of sp³-hybridized carbons (Fsp3) is 0.714. The molecule has 1 rings (SSSR count). The molecule has 108 valence electrons. The van der Waals surface area contributed by atoms with Gasteiger partial charge in [-0.15, -0.1) is 0 Å². The standard InChI is InChI=1S/C14H24N2O3/c1-13(2,3)19-12(18)16(6)15-10-7-11(17)9-14(4,5)8-10/h7,15H,8-9H2,1-6H3. The van der Waals surface area contributed by atoms with E-state index < -0.39 is 11.7 Å². The van der Waals surface area contributed by atoms with Crippen LogP contribution in [0.15, 0.2) is 11.8 Å². The molecule has 0 aromatic carbocycles. The summed E-state index contributed by atoms with van der Waals surface area (Å²) in [6, 6.07) is 0. The molecule has 1 N–H and O–H groups in total. The van der Waals surface area contributed by atoms with Crippen LogP contribution in [-0.4, -0.2) is 29.5 Å². The molecule has 0 fully saturated rings. The van der Waals surface area contributed by atoms with Crippen molar-refractivity contribution in [1.29, 1.82) is 0 Å². The first-order valence-electron chi connectivity index (χ1n) is 6.45. The smallest absolute Gasteiger partial charge is 0.428 e. The summed E-state index contributed by atoms with van der Waals surface area (Å²) in [6.07, 6.45) is 2.36. The second kappa shape index (κ2) is 5.23. The molecular formula is C14H24N2O3. The van der Waals surface area contributed by atoms with Crippen molar-refractivity contribution >= 4 is 11.9 Å². The summed E-state index contributed by atoms with van der Waals surface area (Å²) in [4.78, 5) is 23.4. The fourth-order valence-electron chi connectivity index (χ4n) is 2.01. The molecule has 0 unspecified atom stereocenters. The van der Waals surface area contributed by atoms with Gasteiger partial charge in [0.2, 0.25) is 0 Å². The van der Waals surface area contributed by atoms with Gasteiger partial charge in [0.05, 0.1) is 0 Å². The molecule has 1 aliphatic carbocycles. The quantitative estimate of drug-likeness (QED) is 0.782. The monoisotopic (exact) mass is 268 g/mol. The maximum absolute atomic E-state index is 11.8. The van der Waals surface area contributed by atoms with Gasteiger partial charge in [-0.25, -0.2) is 9.80 Å². The van der Waals surface area contributed by atoms with E-state index in [4.69, 9.17) is 4.74 Å². The molecule has 0 spiro atoms. The van der Waals surface area contributed by atoms with Gasteiger partial charge in [0.1, 0.15) is 5.60 Å². The Morgan fingerprint density at radius 2 is 1.95 bits per heavy atom. The highest BCUT2D eigenvalue weighted by Gasteiger charge is 2.29. The van der Waals surface area contributed by atoms with Crippen LogP contribution in [0.4, 0.5) is 4.79 Å². The number of hydrazine groups is 1. The Labute approximate surface area is 115 Å². The van der Waals surface area contributed by atoms with Crippen molar-refractivity contribution in [3.63, 3.8) is 0 Å². The number of carbonyl (C=O) groups is 2. The van der Waals surface area contributed by atoms with Gasteiger partial charge in [0, 0.05) is 25.2 Å². The lowest BCUT2D eigenvalue weighted by Gasteiger charge is -2.32. The Balaban J connectivity index is 2.64. The zero-order chi connectivity index (χ0) is 14.8. The molecule has 19 heavy (non-hydrogen) atoms. The Morgan fingerprint density at radius 3 is 2.42 bits per heavy atom. The Kier molecular flexibility index (Phi) is 4.28. The van der Waals surface area contributed by atoms with E-state index >= 15 is 0 Å². The van der Waals surface area contributed by atoms with Crippen LogP contribution in [-0.2, 0) is 9.53 Å². The van der Waals surface area contributed by atoms with Gasteiger partial charge < -0.3 is 4.74 Å². The van der Waals surface area contributed by atoms with Crippen LogP contribution in [0.3, 0.4) is 0 Å². The van der Waals surface area contributed by atoms with Gasteiger partial charge in [0.25, 0.3) is 0 Å². The molecule has 0 saturated carbocycles. The maximum Gasteiger partial charge on any atom is 0.428 e. The first-order chi connectivity index (χ1) is 8.48. The number of nitrogens with zero attached hydrogens (tertiary/aromatic N) is 1. The predicted octanol–water partition coefficient (Wildman–Crippen LogP) is 2.63. The van der Waals surface area contributed by atoms with Crippen LogP contribution in [0.25, 0.3) is 0 Å². The number of nitrogens with one attached hydrogen (secondary N) is 1. The molecular weight excluding hydrogens is 244 g/mol. The minimum atomic E-state index is -0.539. The van der Waals surface area contributed by atoms with E-state index in [1.165, 1.54) is 5.01 Å².